The van der Waals surface area contributed by atoms with Crippen LogP contribution < -0.4 is 41.8 Å². The van der Waals surface area contributed by atoms with E-state index in [-0.39, 0.29) is 36.6 Å². The smallest absolute Gasteiger partial charge is 0.219 e. The molecule has 1 saturated heterocycles. The number of nitrogens with two attached hydrogens (primary N) is 3. The average Bonchev–Trinajstić information content (AvgIpc) is 3.24. The first-order chi connectivity index (χ1) is 25.0. The second-order valence-corrected chi connectivity index (χ2v) is 9.03. The van der Waals surface area contributed by atoms with Gasteiger partial charge in [0.15, 0.2) is 0 Å². The summed E-state index contributed by atoms with van der Waals surface area (Å²) in [5, 5.41) is 8.06. The predicted molar refractivity (Wildman–Crippen MR) is 247 cm³/mol. The number of benzene rings is 1. The topological polar surface area (TPSA) is 378 Å². The molecule has 17 heteroatoms. The number of aliphatic hydroxyl groups is 1. The molecule has 1 aliphatic heterocycles. The van der Waals surface area contributed by atoms with E-state index in [1.807, 2.05) is 72.3 Å². The number of hydrogen-bond donors (Lipinski definition) is 8. The number of carbonyl (C=O) groups is 8. The lowest BCUT2D eigenvalue weighted by Crippen LogP contribution is -2.33. The summed E-state index contributed by atoms with van der Waals surface area (Å²) >= 11 is 0. The number of aryl methyl sites for hydroxylation is 1. The number of likely N-dealkylation sites (tertiary alicyclic amines) is 1. The van der Waals surface area contributed by atoms with E-state index in [9.17, 15) is 4.79 Å². The number of carbonyl (C=O) groups excluding carboxylic acids is 8. The Morgan fingerprint density at radius 2 is 0.786 bits per heavy atom. The van der Waals surface area contributed by atoms with Crippen molar-refractivity contribution in [1.82, 2.24) is 29.5 Å². The molecular weight excluding hydrogens is 724 g/mol. The summed E-state index contributed by atoms with van der Waals surface area (Å²) in [6.07, 6.45) is 5.96. The number of hydrogen-bond acceptors (Lipinski definition) is 16. The molecule has 0 spiro atoms. The van der Waals surface area contributed by atoms with Gasteiger partial charge in [0.2, 0.25) is 5.91 Å². The first kappa shape index (κ1) is 117. The molecule has 1 amide bonds. The Kier molecular flexibility index (Phi) is 394. The van der Waals surface area contributed by atoms with E-state index in [0.717, 1.165) is 31.3 Å². The Balaban J connectivity index is -0.0000000179. The van der Waals surface area contributed by atoms with Crippen molar-refractivity contribution in [2.24, 2.45) is 29.0 Å². The molecule has 1 fully saturated rings. The van der Waals surface area contributed by atoms with Crippen LogP contribution >= 0.6 is 0 Å². The maximum Gasteiger partial charge on any atom is 0.219 e. The minimum atomic E-state index is -0.167. The van der Waals surface area contributed by atoms with Crippen LogP contribution in [0.2, 0.25) is 0 Å². The molecule has 0 bridgehead atoms. The fourth-order valence-electron chi connectivity index (χ4n) is 1.92. The Morgan fingerprint density at radius 3 is 0.893 bits per heavy atom. The first-order valence-electron chi connectivity index (χ1n) is 16.7. The van der Waals surface area contributed by atoms with Gasteiger partial charge in [0.05, 0.1) is 0 Å². The summed E-state index contributed by atoms with van der Waals surface area (Å²) in [4.78, 5) is 68.6. The molecule has 0 aliphatic carbocycles. The van der Waals surface area contributed by atoms with Crippen molar-refractivity contribution in [2.45, 2.75) is 121 Å². The second-order valence-electron chi connectivity index (χ2n) is 9.03. The number of nitrogens with zero attached hydrogens (tertiary/aromatic N) is 1. The molecular formula is C39H100N8O9. The quantitative estimate of drug-likeness (QED) is 0.158. The largest absolute Gasteiger partial charge is 0.394 e. The highest BCUT2D eigenvalue weighted by atomic mass is 16.3. The summed E-state index contributed by atoms with van der Waals surface area (Å²) in [5.74, 6) is 1.95. The van der Waals surface area contributed by atoms with Crippen LogP contribution in [0.15, 0.2) is 30.3 Å². The molecule has 350 valence electrons. The van der Waals surface area contributed by atoms with Gasteiger partial charge in [0.25, 0.3) is 0 Å². The molecule has 1 aromatic carbocycles. The molecule has 1 aliphatic rings. The van der Waals surface area contributed by atoms with E-state index in [0.29, 0.717) is 0 Å². The van der Waals surface area contributed by atoms with E-state index in [2.05, 4.69) is 89.9 Å². The van der Waals surface area contributed by atoms with Crippen LogP contribution in [0.4, 0.5) is 0 Å². The summed E-state index contributed by atoms with van der Waals surface area (Å²) in [6, 6.07) is 10.5. The number of rotatable bonds is 2. The van der Waals surface area contributed by atoms with Gasteiger partial charge in [-0.2, -0.15) is 0 Å². The van der Waals surface area contributed by atoms with Crippen LogP contribution in [-0.4, -0.2) is 104 Å². The zero-order valence-corrected chi connectivity index (χ0v) is 39.2. The fourth-order valence-corrected chi connectivity index (χ4v) is 1.92. The van der Waals surface area contributed by atoms with E-state index < -0.39 is 0 Å². The summed E-state index contributed by atoms with van der Waals surface area (Å²) in [5.41, 5.74) is 14.9. The van der Waals surface area contributed by atoms with Crippen molar-refractivity contribution in [3.05, 3.63) is 35.9 Å². The Labute approximate surface area is 346 Å². The van der Waals surface area contributed by atoms with Crippen LogP contribution in [0.3, 0.4) is 0 Å². The monoisotopic (exact) mass is 825 g/mol. The highest BCUT2D eigenvalue weighted by Gasteiger charge is 2.10. The van der Waals surface area contributed by atoms with Gasteiger partial charge in [-0.1, -0.05) is 99.1 Å². The van der Waals surface area contributed by atoms with Gasteiger partial charge >= 0.3 is 0 Å². The molecule has 0 aromatic heterocycles. The maximum atomic E-state index is 10.7. The molecule has 0 saturated carbocycles. The summed E-state index contributed by atoms with van der Waals surface area (Å²) in [7, 11) is 4.50. The van der Waals surface area contributed by atoms with Crippen LogP contribution in [0.5, 0.6) is 0 Å². The fraction of sp³-hybridized carbons (Fsp3) is 0.641. The molecule has 2 rings (SSSR count). The minimum Gasteiger partial charge on any atom is -0.394 e. The standard InChI is InChI=1S/C8H10.C7H13NO.C5H12.C4H10.C3H8O.C2H6.3CH5N.7CH2O.4H3N/c1-2-8-6-4-3-5-7-8;1-7(9)8-5-3-2-4-6-8;1-4-5(2)3;1-4(2)3;1-3(2)4;11*1-2;;;;/h3-7H,2H2,1H3;2-6H2,1H3;5H,4H2,1-3H3;4H,1-3H3;3-4H,1-2H3;1-2H3;3*2H2,1H3;7*1H2;4*1H3. The second kappa shape index (κ2) is 188. The van der Waals surface area contributed by atoms with Gasteiger partial charge in [0, 0.05) is 26.1 Å². The molecule has 1 aromatic rings. The van der Waals surface area contributed by atoms with Gasteiger partial charge in [-0.25, -0.2) is 0 Å². The minimum absolute atomic E-state index is 0. The Hall–Kier alpha value is -3.94. The van der Waals surface area contributed by atoms with Crippen molar-refractivity contribution in [1.29, 1.82) is 0 Å². The third-order valence-corrected chi connectivity index (χ3v) is 3.87. The van der Waals surface area contributed by atoms with Gasteiger partial charge < -0.3 is 85.4 Å². The summed E-state index contributed by atoms with van der Waals surface area (Å²) in [6.45, 7) is 40.4. The van der Waals surface area contributed by atoms with Gasteiger partial charge in [0.1, 0.15) is 47.5 Å². The maximum absolute atomic E-state index is 10.7. The molecule has 0 unspecified atom stereocenters. The molecule has 0 radical (unpaired) electrons. The van der Waals surface area contributed by atoms with Gasteiger partial charge in [-0.3, -0.25) is 4.79 Å². The average molecular weight is 825 g/mol. The van der Waals surface area contributed by atoms with Gasteiger partial charge in [-0.15, -0.1) is 0 Å². The third-order valence-electron chi connectivity index (χ3n) is 3.87. The predicted octanol–water partition coefficient (Wildman–Crippen LogP) is 6.47. The highest BCUT2D eigenvalue weighted by Crippen LogP contribution is 2.07. The molecule has 17 nitrogen and oxygen atoms in total. The van der Waals surface area contributed by atoms with Crippen molar-refractivity contribution < 1.29 is 43.5 Å². The lowest BCUT2D eigenvalue weighted by Gasteiger charge is -2.24. The van der Waals surface area contributed by atoms with Crippen LogP contribution in [0.1, 0.15) is 114 Å². The van der Waals surface area contributed by atoms with Crippen molar-refractivity contribution >= 4 is 53.4 Å². The van der Waals surface area contributed by atoms with E-state index >= 15 is 0 Å². The zero-order valence-electron chi connectivity index (χ0n) is 39.2. The first-order valence-corrected chi connectivity index (χ1v) is 16.7. The number of amides is 1. The van der Waals surface area contributed by atoms with E-state index in [1.165, 1.54) is 52.4 Å². The van der Waals surface area contributed by atoms with Crippen molar-refractivity contribution in [3.63, 3.8) is 0 Å². The molecule has 1 heterocycles. The van der Waals surface area contributed by atoms with Crippen LogP contribution in [0, 0.1) is 11.8 Å². The van der Waals surface area contributed by atoms with Gasteiger partial charge in [-0.05, 0) is 78.1 Å². The van der Waals surface area contributed by atoms with Crippen LogP contribution in [0.25, 0.3) is 0 Å². The molecule has 19 N–H and O–H groups in total. The third kappa shape index (κ3) is 299. The zero-order chi connectivity index (χ0) is 45.9. The number of aliphatic hydroxyl groups excluding tert-OH is 1. The molecule has 0 atom stereocenters. The highest BCUT2D eigenvalue weighted by molar-refractivity contribution is 5.73. The summed E-state index contributed by atoms with van der Waals surface area (Å²) < 4.78 is 0. The van der Waals surface area contributed by atoms with Crippen molar-refractivity contribution in [3.8, 4) is 0 Å². The lowest BCUT2D eigenvalue weighted by molar-refractivity contribution is -0.129. The van der Waals surface area contributed by atoms with Crippen molar-refractivity contribution in [2.75, 3.05) is 34.2 Å². The SMILES string of the molecule is C=O.C=O.C=O.C=O.C=O.C=O.C=O.CC.CC(=O)N1CCCCC1.CC(C)C.CC(C)O.CCC(C)C.CCc1ccccc1.CN.CN.CN.N.N.N.N. The van der Waals surface area contributed by atoms with Crippen LogP contribution in [-0.2, 0) is 44.8 Å². The number of piperidine rings is 1. The van der Waals surface area contributed by atoms with E-state index in [4.69, 9.17) is 38.7 Å². The normalized spacial score (nSPS) is 7.57. The molecule has 56 heavy (non-hydrogen) atoms. The Morgan fingerprint density at radius 1 is 0.589 bits per heavy atom. The Bertz CT molecular complexity index is 566. The lowest BCUT2D eigenvalue weighted by atomic mass is 10.1. The van der Waals surface area contributed by atoms with E-state index in [1.54, 1.807) is 20.8 Å².